The van der Waals surface area contributed by atoms with Crippen molar-refractivity contribution in [3.63, 3.8) is 0 Å². The van der Waals surface area contributed by atoms with E-state index in [1.54, 1.807) is 51.5 Å². The normalized spacial score (nSPS) is 29.2. The molecule has 1 N–H and O–H groups in total. The van der Waals surface area contributed by atoms with Crippen molar-refractivity contribution in [2.75, 3.05) is 26.2 Å². The van der Waals surface area contributed by atoms with Gasteiger partial charge in [0, 0.05) is 24.1 Å². The number of aromatic hydroxyl groups is 1. The number of rotatable bonds is 6. The highest BCUT2D eigenvalue weighted by Gasteiger charge is 2.76. The Kier molecular flexibility index (Phi) is 7.91. The summed E-state index contributed by atoms with van der Waals surface area (Å²) in [7, 11) is 4.52. The molecule has 6 unspecified atom stereocenters. The lowest BCUT2D eigenvalue weighted by Crippen LogP contribution is -2.60. The van der Waals surface area contributed by atoms with Gasteiger partial charge in [0.1, 0.15) is 17.2 Å². The van der Waals surface area contributed by atoms with Gasteiger partial charge in [-0.2, -0.15) is 0 Å². The summed E-state index contributed by atoms with van der Waals surface area (Å²) < 4.78 is 10.8. The smallest absolute Gasteiger partial charge is 0.253 e. The maximum absolute atomic E-state index is 14.3. The number of carbonyl (C=O) groups is 4. The molecule has 2 saturated heterocycles. The number of para-hydroxylation sites is 1. The number of benzene rings is 3. The standard InChI is InChI=1S/C38H34Cl2N2O7/c1-20-6-5-7-27(32(20)43)31-25-15-16-26-30(28(25)19-37(39)35(46)41(2)36(47)38(31,37)40)34(45)42(33(26)44)23-12-9-21(10-13-23)8-11-22-18-24(48-3)14-17-29(22)49-4/h5-15,17-18,26,28,30-31,43H,16,19H2,1-4H3. The third-order valence-corrected chi connectivity index (χ3v) is 12.1. The van der Waals surface area contributed by atoms with Crippen LogP contribution in [0, 0.1) is 24.7 Å². The summed E-state index contributed by atoms with van der Waals surface area (Å²) in [6.07, 6.45) is 5.74. The molecule has 6 atom stereocenters. The van der Waals surface area contributed by atoms with E-state index in [9.17, 15) is 24.3 Å². The van der Waals surface area contributed by atoms with Gasteiger partial charge < -0.3 is 14.6 Å². The minimum absolute atomic E-state index is 0.0700. The molecule has 2 heterocycles. The first kappa shape index (κ1) is 32.9. The average Bonchev–Trinajstić information content (AvgIpc) is 3.43. The zero-order valence-corrected chi connectivity index (χ0v) is 28.8. The third kappa shape index (κ3) is 4.66. The molecule has 2 aliphatic heterocycles. The summed E-state index contributed by atoms with van der Waals surface area (Å²) in [5, 5.41) is 11.2. The first-order valence-electron chi connectivity index (χ1n) is 15.9. The number of alkyl halides is 2. The number of carbonyl (C=O) groups excluding carboxylic acids is 4. The number of amides is 4. The van der Waals surface area contributed by atoms with Crippen molar-refractivity contribution in [3.05, 3.63) is 94.6 Å². The molecule has 0 radical (unpaired) electrons. The van der Waals surface area contributed by atoms with Crippen molar-refractivity contribution >= 4 is 64.7 Å². The summed E-state index contributed by atoms with van der Waals surface area (Å²) in [5.41, 5.74) is 3.59. The number of methoxy groups -OCH3 is 2. The van der Waals surface area contributed by atoms with Crippen LogP contribution in [0.25, 0.3) is 12.2 Å². The Labute approximate surface area is 293 Å². The number of likely N-dealkylation sites (tertiary alicyclic amines) is 1. The SMILES string of the molecule is COc1ccc(OC)c(C=Cc2ccc(N3C(=O)C4CC=C5C(CC6(Cl)C(=O)N(C)C(=O)C6(Cl)C5c5cccc(C)c5O)C4C3=O)cc2)c1. The number of hydrogen-bond acceptors (Lipinski definition) is 7. The van der Waals surface area contributed by atoms with E-state index in [1.165, 1.54) is 11.9 Å². The van der Waals surface area contributed by atoms with E-state index in [1.807, 2.05) is 48.6 Å². The lowest BCUT2D eigenvalue weighted by atomic mass is 9.56. The van der Waals surface area contributed by atoms with Gasteiger partial charge in [-0.3, -0.25) is 29.0 Å². The summed E-state index contributed by atoms with van der Waals surface area (Å²) in [6, 6.07) is 17.7. The fraction of sp³-hybridized carbons (Fsp3) is 0.316. The first-order chi connectivity index (χ1) is 23.4. The molecular weight excluding hydrogens is 667 g/mol. The first-order valence-corrected chi connectivity index (χ1v) is 16.7. The number of ether oxygens (including phenoxy) is 2. The van der Waals surface area contributed by atoms with E-state index < -0.39 is 51.1 Å². The molecule has 3 aromatic rings. The Balaban J connectivity index is 1.23. The van der Waals surface area contributed by atoms with E-state index in [4.69, 9.17) is 32.7 Å². The Hall–Kier alpha value is -4.60. The molecular formula is C38H34Cl2N2O7. The minimum atomic E-state index is -1.95. The van der Waals surface area contributed by atoms with Crippen molar-refractivity contribution in [2.24, 2.45) is 17.8 Å². The number of nitrogens with zero attached hydrogens (tertiary/aromatic N) is 2. The Morgan fingerprint density at radius 1 is 0.898 bits per heavy atom. The number of phenolic OH excluding ortho intramolecular Hbond substituents is 1. The lowest BCUT2D eigenvalue weighted by Gasteiger charge is -2.50. The van der Waals surface area contributed by atoms with Crippen molar-refractivity contribution < 1.29 is 33.8 Å². The highest BCUT2D eigenvalue weighted by molar-refractivity contribution is 6.53. The highest BCUT2D eigenvalue weighted by atomic mass is 35.5. The number of fused-ring (bicyclic) bond motifs is 4. The van der Waals surface area contributed by atoms with Gasteiger partial charge in [0.25, 0.3) is 11.8 Å². The van der Waals surface area contributed by atoms with Crippen LogP contribution in [-0.4, -0.2) is 64.7 Å². The van der Waals surface area contributed by atoms with Crippen LogP contribution in [-0.2, 0) is 19.2 Å². The number of hydrogen-bond donors (Lipinski definition) is 1. The fourth-order valence-corrected chi connectivity index (χ4v) is 9.16. The Morgan fingerprint density at radius 3 is 2.33 bits per heavy atom. The van der Waals surface area contributed by atoms with Gasteiger partial charge >= 0.3 is 0 Å². The maximum atomic E-state index is 14.3. The number of allylic oxidation sites excluding steroid dienone is 2. The molecule has 11 heteroatoms. The van der Waals surface area contributed by atoms with Gasteiger partial charge in [0.05, 0.1) is 31.7 Å². The summed E-state index contributed by atoms with van der Waals surface area (Å²) in [6.45, 7) is 1.72. The second-order valence-electron chi connectivity index (χ2n) is 13.1. The van der Waals surface area contributed by atoms with Gasteiger partial charge in [-0.25, -0.2) is 0 Å². The largest absolute Gasteiger partial charge is 0.507 e. The van der Waals surface area contributed by atoms with E-state index in [0.717, 1.165) is 16.0 Å². The summed E-state index contributed by atoms with van der Waals surface area (Å²) in [5.74, 6) is -4.02. The fourth-order valence-electron chi connectivity index (χ4n) is 8.15. The van der Waals surface area contributed by atoms with Crippen LogP contribution in [0.5, 0.6) is 17.2 Å². The molecule has 49 heavy (non-hydrogen) atoms. The predicted octanol–water partition coefficient (Wildman–Crippen LogP) is 6.08. The zero-order valence-electron chi connectivity index (χ0n) is 27.3. The van der Waals surface area contributed by atoms with Crippen LogP contribution in [0.2, 0.25) is 0 Å². The molecule has 7 rings (SSSR count). The van der Waals surface area contributed by atoms with Crippen LogP contribution >= 0.6 is 23.2 Å². The van der Waals surface area contributed by atoms with Crippen LogP contribution in [0.1, 0.15) is 41.0 Å². The number of aryl methyl sites for hydroxylation is 1. The van der Waals surface area contributed by atoms with Gasteiger partial charge in [-0.05, 0) is 67.1 Å². The van der Waals surface area contributed by atoms with Crippen LogP contribution in [0.3, 0.4) is 0 Å². The van der Waals surface area contributed by atoms with Crippen molar-refractivity contribution in [3.8, 4) is 17.2 Å². The topological polar surface area (TPSA) is 113 Å². The third-order valence-electron chi connectivity index (χ3n) is 10.6. The predicted molar refractivity (Wildman–Crippen MR) is 186 cm³/mol. The molecule has 4 amide bonds. The number of imide groups is 2. The van der Waals surface area contributed by atoms with Crippen molar-refractivity contribution in [2.45, 2.75) is 35.4 Å². The van der Waals surface area contributed by atoms with E-state index in [0.29, 0.717) is 33.9 Å². The van der Waals surface area contributed by atoms with Crippen molar-refractivity contribution in [1.82, 2.24) is 4.90 Å². The Bertz CT molecular complexity index is 1990. The molecule has 4 aliphatic rings. The number of phenols is 1. The van der Waals surface area contributed by atoms with Gasteiger partial charge in [-0.1, -0.05) is 54.1 Å². The highest BCUT2D eigenvalue weighted by Crippen LogP contribution is 2.66. The second-order valence-corrected chi connectivity index (χ2v) is 14.3. The molecule has 2 aliphatic carbocycles. The average molecular weight is 702 g/mol. The molecule has 3 fully saturated rings. The Morgan fingerprint density at radius 2 is 1.63 bits per heavy atom. The maximum Gasteiger partial charge on any atom is 0.253 e. The molecule has 1 saturated carbocycles. The summed E-state index contributed by atoms with van der Waals surface area (Å²) in [4.78, 5) is 54.0. The van der Waals surface area contributed by atoms with E-state index >= 15 is 0 Å². The lowest BCUT2D eigenvalue weighted by molar-refractivity contribution is -0.138. The van der Waals surface area contributed by atoms with Gasteiger partial charge in [-0.15, -0.1) is 23.2 Å². The molecule has 0 bridgehead atoms. The molecule has 9 nitrogen and oxygen atoms in total. The molecule has 0 spiro atoms. The van der Waals surface area contributed by atoms with Gasteiger partial charge in [0.15, 0.2) is 9.75 Å². The van der Waals surface area contributed by atoms with Crippen LogP contribution < -0.4 is 14.4 Å². The summed E-state index contributed by atoms with van der Waals surface area (Å²) >= 11 is 14.4. The number of anilines is 1. The molecule has 0 aromatic heterocycles. The van der Waals surface area contributed by atoms with Crippen LogP contribution in [0.4, 0.5) is 5.69 Å². The van der Waals surface area contributed by atoms with Crippen molar-refractivity contribution in [1.29, 1.82) is 0 Å². The zero-order chi connectivity index (χ0) is 35.0. The second kappa shape index (κ2) is 11.8. The van der Waals surface area contributed by atoms with E-state index in [-0.39, 0.29) is 24.5 Å². The minimum Gasteiger partial charge on any atom is -0.507 e. The van der Waals surface area contributed by atoms with E-state index in [2.05, 4.69) is 0 Å². The van der Waals surface area contributed by atoms with Gasteiger partial charge in [0.2, 0.25) is 11.8 Å². The van der Waals surface area contributed by atoms with Crippen LogP contribution in [0.15, 0.2) is 72.3 Å². The monoisotopic (exact) mass is 700 g/mol. The number of halogens is 2. The molecule has 252 valence electrons. The quantitative estimate of drug-likeness (QED) is 0.144. The molecule has 3 aromatic carbocycles.